The van der Waals surface area contributed by atoms with E-state index in [0.29, 0.717) is 29.3 Å². The number of anilines is 1. The highest BCUT2D eigenvalue weighted by Gasteiger charge is 2.13. The third-order valence-electron chi connectivity index (χ3n) is 3.85. The molecule has 0 aliphatic carbocycles. The monoisotopic (exact) mass is 411 g/mol. The predicted octanol–water partition coefficient (Wildman–Crippen LogP) is 1.58. The number of nitrogens with zero attached hydrogens (tertiary/aromatic N) is 1. The number of hydrogen-bond donors (Lipinski definition) is 4. The minimum atomic E-state index is -0.412. The van der Waals surface area contributed by atoms with Crippen molar-refractivity contribution in [2.75, 3.05) is 12.1 Å². The number of hydrazine groups is 1. The number of hydrogen-bond acceptors (Lipinski definition) is 6. The van der Waals surface area contributed by atoms with Gasteiger partial charge in [0.15, 0.2) is 16.6 Å². The zero-order valence-electron chi connectivity index (χ0n) is 15.2. The number of fused-ring (bicyclic) bond motifs is 1. The molecular formula is C19H17N5O4S. The van der Waals surface area contributed by atoms with Crippen LogP contribution in [-0.2, 0) is 11.3 Å². The van der Waals surface area contributed by atoms with Gasteiger partial charge in [0.25, 0.3) is 5.91 Å². The second-order valence-corrected chi connectivity index (χ2v) is 6.32. The van der Waals surface area contributed by atoms with E-state index in [0.717, 1.165) is 5.56 Å². The smallest absolute Gasteiger partial charge is 0.269 e. The molecule has 3 rings (SSSR count). The predicted molar refractivity (Wildman–Crippen MR) is 108 cm³/mol. The summed E-state index contributed by atoms with van der Waals surface area (Å²) in [4.78, 5) is 23.5. The molecule has 4 N–H and O–H groups in total. The number of thiocarbonyl (C=S) groups is 1. The van der Waals surface area contributed by atoms with Gasteiger partial charge in [-0.25, -0.2) is 0 Å². The largest absolute Gasteiger partial charge is 0.454 e. The summed E-state index contributed by atoms with van der Waals surface area (Å²) in [5.74, 6) is 0.582. The Balaban J connectivity index is 1.43. The van der Waals surface area contributed by atoms with Crippen molar-refractivity contribution in [3.05, 3.63) is 53.6 Å². The zero-order chi connectivity index (χ0) is 20.6. The fourth-order valence-electron chi connectivity index (χ4n) is 2.45. The first kappa shape index (κ1) is 19.9. The van der Waals surface area contributed by atoms with Gasteiger partial charge in [-0.05, 0) is 54.2 Å². The number of nitrogens with one attached hydrogen (secondary N) is 4. The van der Waals surface area contributed by atoms with Gasteiger partial charge in [-0.1, -0.05) is 6.07 Å². The summed E-state index contributed by atoms with van der Waals surface area (Å²) in [6.45, 7) is 0.654. The normalized spacial score (nSPS) is 11.1. The van der Waals surface area contributed by atoms with E-state index in [1.807, 2.05) is 18.2 Å². The van der Waals surface area contributed by atoms with Crippen molar-refractivity contribution in [2.24, 2.45) is 0 Å². The lowest BCUT2D eigenvalue weighted by Crippen LogP contribution is -2.46. The van der Waals surface area contributed by atoms with Crippen LogP contribution in [0.25, 0.3) is 0 Å². The summed E-state index contributed by atoms with van der Waals surface area (Å²) in [5.41, 5.74) is 6.92. The molecule has 1 heterocycles. The Hall–Kier alpha value is -3.84. The lowest BCUT2D eigenvalue weighted by Gasteiger charge is -2.12. The van der Waals surface area contributed by atoms with Crippen molar-refractivity contribution in [1.82, 2.24) is 16.2 Å². The molecular weight excluding hydrogens is 394 g/mol. The van der Waals surface area contributed by atoms with Crippen molar-refractivity contribution in [3.8, 4) is 17.6 Å². The van der Waals surface area contributed by atoms with Gasteiger partial charge in [0, 0.05) is 17.8 Å². The molecule has 2 aromatic carbocycles. The van der Waals surface area contributed by atoms with Crippen LogP contribution in [0.15, 0.2) is 42.5 Å². The molecule has 1 aliphatic heterocycles. The van der Waals surface area contributed by atoms with E-state index in [-0.39, 0.29) is 18.3 Å². The van der Waals surface area contributed by atoms with E-state index < -0.39 is 11.8 Å². The molecule has 1 aliphatic rings. The lowest BCUT2D eigenvalue weighted by atomic mass is 10.2. The lowest BCUT2D eigenvalue weighted by molar-refractivity contribution is -0.115. The molecule has 10 heteroatoms. The van der Waals surface area contributed by atoms with Crippen molar-refractivity contribution in [3.63, 3.8) is 0 Å². The van der Waals surface area contributed by atoms with Crippen LogP contribution in [0.2, 0.25) is 0 Å². The van der Waals surface area contributed by atoms with Crippen LogP contribution in [0, 0.1) is 11.3 Å². The van der Waals surface area contributed by atoms with Gasteiger partial charge in [-0.15, -0.1) is 0 Å². The van der Waals surface area contributed by atoms with E-state index in [2.05, 4.69) is 21.5 Å². The minimum absolute atomic E-state index is 0.214. The average Bonchev–Trinajstić information content (AvgIpc) is 3.19. The minimum Gasteiger partial charge on any atom is -0.454 e. The fourth-order valence-corrected chi connectivity index (χ4v) is 2.57. The molecule has 0 saturated heterocycles. The zero-order valence-corrected chi connectivity index (χ0v) is 16.0. The first-order valence-corrected chi connectivity index (χ1v) is 8.95. The van der Waals surface area contributed by atoms with Crippen LogP contribution in [0.1, 0.15) is 22.3 Å². The first-order valence-electron chi connectivity index (χ1n) is 8.55. The van der Waals surface area contributed by atoms with Gasteiger partial charge >= 0.3 is 0 Å². The first-order chi connectivity index (χ1) is 14.0. The Morgan fingerprint density at radius 1 is 1.07 bits per heavy atom. The molecule has 0 radical (unpaired) electrons. The van der Waals surface area contributed by atoms with Crippen molar-refractivity contribution < 1.29 is 19.1 Å². The maximum atomic E-state index is 12.2. The molecule has 0 unspecified atom stereocenters. The number of carbonyl (C=O) groups is 2. The van der Waals surface area contributed by atoms with Crippen LogP contribution in [0.4, 0.5) is 5.69 Å². The number of benzene rings is 2. The molecule has 0 fully saturated rings. The highest BCUT2D eigenvalue weighted by atomic mass is 32.1. The van der Waals surface area contributed by atoms with Gasteiger partial charge in [0.1, 0.15) is 6.42 Å². The van der Waals surface area contributed by atoms with Gasteiger partial charge in [-0.2, -0.15) is 5.26 Å². The number of carbonyl (C=O) groups excluding carboxylic acids is 2. The van der Waals surface area contributed by atoms with Gasteiger partial charge in [0.2, 0.25) is 12.7 Å². The van der Waals surface area contributed by atoms with E-state index >= 15 is 0 Å². The van der Waals surface area contributed by atoms with E-state index in [4.69, 9.17) is 27.0 Å². The molecule has 148 valence electrons. The fraction of sp³-hybridized carbons (Fsp3) is 0.158. The Labute approximate surface area is 172 Å². The number of ether oxygens (including phenoxy) is 2. The number of rotatable bonds is 5. The number of amides is 2. The molecule has 2 amide bonds. The summed E-state index contributed by atoms with van der Waals surface area (Å²) < 4.78 is 10.6. The van der Waals surface area contributed by atoms with E-state index in [1.54, 1.807) is 30.3 Å². The molecule has 29 heavy (non-hydrogen) atoms. The highest BCUT2D eigenvalue weighted by molar-refractivity contribution is 7.80. The molecule has 9 nitrogen and oxygen atoms in total. The molecule has 0 saturated carbocycles. The average molecular weight is 411 g/mol. The highest BCUT2D eigenvalue weighted by Crippen LogP contribution is 2.32. The van der Waals surface area contributed by atoms with E-state index in [1.165, 1.54) is 0 Å². The molecule has 0 aromatic heterocycles. The summed E-state index contributed by atoms with van der Waals surface area (Å²) in [5, 5.41) is 14.3. The molecule has 0 atom stereocenters. The Kier molecular flexibility index (Phi) is 6.44. The van der Waals surface area contributed by atoms with Gasteiger partial charge in [0.05, 0.1) is 6.07 Å². The van der Waals surface area contributed by atoms with Gasteiger partial charge < -0.3 is 20.1 Å². The van der Waals surface area contributed by atoms with Crippen molar-refractivity contribution in [1.29, 1.82) is 5.26 Å². The second kappa shape index (κ2) is 9.38. The summed E-state index contributed by atoms with van der Waals surface area (Å²) in [7, 11) is 0. The van der Waals surface area contributed by atoms with Crippen LogP contribution < -0.4 is 31.0 Å². The Morgan fingerprint density at radius 3 is 2.59 bits per heavy atom. The van der Waals surface area contributed by atoms with E-state index in [9.17, 15) is 9.59 Å². The molecule has 0 bridgehead atoms. The standard InChI is InChI=1S/C19H17N5O4S/c20-8-7-17(25)22-14-4-2-13(3-5-14)18(26)23-24-19(29)21-10-12-1-6-15-16(9-12)28-11-27-15/h1-6,9H,7,10-11H2,(H,22,25)(H,23,26)(H2,21,24,29). The summed E-state index contributed by atoms with van der Waals surface area (Å²) in [6, 6.07) is 13.6. The Morgan fingerprint density at radius 2 is 1.83 bits per heavy atom. The molecule has 0 spiro atoms. The maximum Gasteiger partial charge on any atom is 0.269 e. The Bertz CT molecular complexity index is 972. The summed E-state index contributed by atoms with van der Waals surface area (Å²) in [6.07, 6.45) is -0.233. The third-order valence-corrected chi connectivity index (χ3v) is 4.10. The van der Waals surface area contributed by atoms with Crippen LogP contribution in [0.5, 0.6) is 11.5 Å². The second-order valence-electron chi connectivity index (χ2n) is 5.91. The maximum absolute atomic E-state index is 12.2. The topological polar surface area (TPSA) is 125 Å². The van der Waals surface area contributed by atoms with Crippen molar-refractivity contribution >= 4 is 34.8 Å². The van der Waals surface area contributed by atoms with Crippen molar-refractivity contribution in [2.45, 2.75) is 13.0 Å². The van der Waals surface area contributed by atoms with Crippen LogP contribution in [0.3, 0.4) is 0 Å². The molecule has 2 aromatic rings. The van der Waals surface area contributed by atoms with Crippen LogP contribution in [-0.4, -0.2) is 23.7 Å². The SMILES string of the molecule is N#CCC(=O)Nc1ccc(C(=O)NNC(=S)NCc2ccc3c(c2)OCO3)cc1. The van der Waals surface area contributed by atoms with Gasteiger partial charge in [-0.3, -0.25) is 20.4 Å². The quantitative estimate of drug-likeness (QED) is 0.432. The third kappa shape index (κ3) is 5.57. The number of nitriles is 1. The van der Waals surface area contributed by atoms with Crippen LogP contribution >= 0.6 is 12.2 Å². The summed E-state index contributed by atoms with van der Waals surface area (Å²) >= 11 is 5.15.